The number of carbonyl (C=O) groups excluding carboxylic acids is 1. The Morgan fingerprint density at radius 1 is 1.25 bits per heavy atom. The number of nitrogens with one attached hydrogen (secondary N) is 2. The van der Waals surface area contributed by atoms with Gasteiger partial charge in [-0.2, -0.15) is 0 Å². The number of benzene rings is 1. The minimum Gasteiger partial charge on any atom is -0.384 e. The molecule has 2 unspecified atom stereocenters. The normalized spacial score (nSPS) is 25.7. The van der Waals surface area contributed by atoms with E-state index in [4.69, 9.17) is 4.74 Å². The zero-order chi connectivity index (χ0) is 16.1. The molecule has 5 heteroatoms. The van der Waals surface area contributed by atoms with E-state index in [1.54, 1.807) is 7.11 Å². The monoisotopic (exact) mass is 352 g/mol. The van der Waals surface area contributed by atoms with Crippen LogP contribution in [0.1, 0.15) is 43.6 Å². The highest BCUT2D eigenvalue weighted by molar-refractivity contribution is 5.85. The van der Waals surface area contributed by atoms with E-state index in [0.717, 1.165) is 38.8 Å². The predicted molar refractivity (Wildman–Crippen MR) is 98.6 cm³/mol. The molecule has 1 aliphatic heterocycles. The third-order valence-electron chi connectivity index (χ3n) is 5.52. The van der Waals surface area contributed by atoms with E-state index in [1.807, 2.05) is 0 Å². The lowest BCUT2D eigenvalue weighted by Gasteiger charge is -2.37. The second-order valence-corrected chi connectivity index (χ2v) is 6.99. The number of methoxy groups -OCH3 is 1. The third-order valence-corrected chi connectivity index (χ3v) is 5.52. The fourth-order valence-electron chi connectivity index (χ4n) is 4.17. The Morgan fingerprint density at radius 3 is 2.62 bits per heavy atom. The van der Waals surface area contributed by atoms with E-state index in [-0.39, 0.29) is 29.8 Å². The fraction of sp³-hybridized carbons (Fsp3) is 0.632. The number of piperidine rings is 1. The zero-order valence-electron chi connectivity index (χ0n) is 14.4. The maximum Gasteiger partial charge on any atom is 0.228 e. The molecular weight excluding hydrogens is 324 g/mol. The van der Waals surface area contributed by atoms with Crippen LogP contribution >= 0.6 is 12.4 Å². The van der Waals surface area contributed by atoms with Gasteiger partial charge >= 0.3 is 0 Å². The van der Waals surface area contributed by atoms with E-state index in [9.17, 15) is 4.79 Å². The Balaban J connectivity index is 0.00000208. The van der Waals surface area contributed by atoms with Crippen LogP contribution in [0, 0.1) is 5.41 Å². The van der Waals surface area contributed by atoms with Gasteiger partial charge < -0.3 is 15.4 Å². The first-order valence-electron chi connectivity index (χ1n) is 8.81. The fourth-order valence-corrected chi connectivity index (χ4v) is 4.17. The van der Waals surface area contributed by atoms with Gasteiger partial charge in [-0.1, -0.05) is 36.8 Å². The molecule has 1 aromatic carbocycles. The Hall–Kier alpha value is -1.10. The van der Waals surface area contributed by atoms with Crippen molar-refractivity contribution in [1.82, 2.24) is 10.6 Å². The van der Waals surface area contributed by atoms with Crippen molar-refractivity contribution in [1.29, 1.82) is 0 Å². The molecule has 1 aromatic rings. The number of halogens is 1. The molecule has 1 heterocycles. The highest BCUT2D eigenvalue weighted by Crippen LogP contribution is 2.36. The highest BCUT2D eigenvalue weighted by atomic mass is 35.5. The van der Waals surface area contributed by atoms with Crippen molar-refractivity contribution in [3.8, 4) is 0 Å². The average molecular weight is 353 g/mol. The van der Waals surface area contributed by atoms with Crippen LogP contribution in [-0.2, 0) is 9.53 Å². The SMILES string of the molecule is COCC1(C(=O)NC2CCCC2c2ccccc2)CCNCC1.Cl. The maximum atomic E-state index is 13.0. The second kappa shape index (κ2) is 8.84. The first-order valence-corrected chi connectivity index (χ1v) is 8.81. The Labute approximate surface area is 151 Å². The lowest BCUT2D eigenvalue weighted by atomic mass is 9.78. The van der Waals surface area contributed by atoms with Crippen LogP contribution in [-0.4, -0.2) is 38.8 Å². The molecule has 2 N–H and O–H groups in total. The summed E-state index contributed by atoms with van der Waals surface area (Å²) in [6.07, 6.45) is 5.13. The van der Waals surface area contributed by atoms with Crippen molar-refractivity contribution < 1.29 is 9.53 Å². The van der Waals surface area contributed by atoms with Crippen molar-refractivity contribution in [2.24, 2.45) is 5.41 Å². The second-order valence-electron chi connectivity index (χ2n) is 6.99. The summed E-state index contributed by atoms with van der Waals surface area (Å²) in [7, 11) is 1.69. The molecule has 0 radical (unpaired) electrons. The van der Waals surface area contributed by atoms with Gasteiger partial charge in [-0.25, -0.2) is 0 Å². The number of hydrogen-bond acceptors (Lipinski definition) is 3. The van der Waals surface area contributed by atoms with E-state index in [0.29, 0.717) is 12.5 Å². The Morgan fingerprint density at radius 2 is 1.96 bits per heavy atom. The van der Waals surface area contributed by atoms with Crippen LogP contribution in [0.25, 0.3) is 0 Å². The van der Waals surface area contributed by atoms with E-state index >= 15 is 0 Å². The number of carbonyl (C=O) groups is 1. The van der Waals surface area contributed by atoms with Gasteiger partial charge in [0.15, 0.2) is 0 Å². The Kier molecular flexibility index (Phi) is 7.08. The summed E-state index contributed by atoms with van der Waals surface area (Å²) in [5.41, 5.74) is 0.991. The van der Waals surface area contributed by atoms with E-state index < -0.39 is 0 Å². The van der Waals surface area contributed by atoms with Crippen LogP contribution in [0.2, 0.25) is 0 Å². The van der Waals surface area contributed by atoms with Crippen LogP contribution < -0.4 is 10.6 Å². The minimum atomic E-state index is -0.357. The van der Waals surface area contributed by atoms with Gasteiger partial charge in [-0.05, 0) is 44.3 Å². The van der Waals surface area contributed by atoms with Crippen molar-refractivity contribution in [3.63, 3.8) is 0 Å². The molecule has 2 aliphatic rings. The van der Waals surface area contributed by atoms with Crippen molar-refractivity contribution in [2.75, 3.05) is 26.8 Å². The van der Waals surface area contributed by atoms with Crippen LogP contribution in [0.15, 0.2) is 30.3 Å². The van der Waals surface area contributed by atoms with Gasteiger partial charge in [0.2, 0.25) is 5.91 Å². The van der Waals surface area contributed by atoms with Gasteiger partial charge in [0, 0.05) is 19.1 Å². The smallest absolute Gasteiger partial charge is 0.228 e. The van der Waals surface area contributed by atoms with Crippen LogP contribution in [0.5, 0.6) is 0 Å². The quantitative estimate of drug-likeness (QED) is 0.856. The van der Waals surface area contributed by atoms with Gasteiger partial charge in [-0.15, -0.1) is 12.4 Å². The molecule has 0 aromatic heterocycles. The third kappa shape index (κ3) is 4.11. The molecular formula is C19H29ClN2O2. The van der Waals surface area contributed by atoms with Crippen molar-refractivity contribution >= 4 is 18.3 Å². The molecule has 1 amide bonds. The Bertz CT molecular complexity index is 512. The summed E-state index contributed by atoms with van der Waals surface area (Å²) in [6.45, 7) is 2.30. The van der Waals surface area contributed by atoms with Gasteiger partial charge in [0.25, 0.3) is 0 Å². The summed E-state index contributed by atoms with van der Waals surface area (Å²) in [4.78, 5) is 13.0. The lowest BCUT2D eigenvalue weighted by Crippen LogP contribution is -2.52. The molecule has 24 heavy (non-hydrogen) atoms. The van der Waals surface area contributed by atoms with Crippen molar-refractivity contribution in [2.45, 2.75) is 44.1 Å². The van der Waals surface area contributed by atoms with Gasteiger partial charge in [0.05, 0.1) is 12.0 Å². The molecule has 1 saturated carbocycles. The first-order chi connectivity index (χ1) is 11.2. The van der Waals surface area contributed by atoms with E-state index in [1.165, 1.54) is 12.0 Å². The predicted octanol–water partition coefficient (Wildman–Crippen LogP) is 2.88. The standard InChI is InChI=1S/C19H28N2O2.ClH/c1-23-14-19(10-12-20-13-11-19)18(22)21-17-9-5-8-16(17)15-6-3-2-4-7-15;/h2-4,6-7,16-17,20H,5,8-14H2,1H3,(H,21,22);1H. The minimum absolute atomic E-state index is 0. The molecule has 134 valence electrons. The summed E-state index contributed by atoms with van der Waals surface area (Å²) in [5.74, 6) is 0.634. The molecule has 4 nitrogen and oxygen atoms in total. The number of rotatable bonds is 5. The molecule has 2 atom stereocenters. The first kappa shape index (κ1) is 19.2. The van der Waals surface area contributed by atoms with Crippen LogP contribution in [0.4, 0.5) is 0 Å². The highest BCUT2D eigenvalue weighted by Gasteiger charge is 2.41. The summed E-state index contributed by atoms with van der Waals surface area (Å²) >= 11 is 0. The summed E-state index contributed by atoms with van der Waals surface area (Å²) < 4.78 is 5.39. The molecule has 1 aliphatic carbocycles. The van der Waals surface area contributed by atoms with Crippen LogP contribution in [0.3, 0.4) is 0 Å². The summed E-state index contributed by atoms with van der Waals surface area (Å²) in [5, 5.41) is 6.72. The lowest BCUT2D eigenvalue weighted by molar-refractivity contribution is -0.137. The molecule has 2 fully saturated rings. The number of amides is 1. The number of hydrogen-bond donors (Lipinski definition) is 2. The van der Waals surface area contributed by atoms with E-state index in [2.05, 4.69) is 41.0 Å². The molecule has 1 saturated heterocycles. The van der Waals surface area contributed by atoms with Gasteiger partial charge in [-0.3, -0.25) is 4.79 Å². The zero-order valence-corrected chi connectivity index (χ0v) is 15.2. The molecule has 3 rings (SSSR count). The maximum absolute atomic E-state index is 13.0. The topological polar surface area (TPSA) is 50.4 Å². The average Bonchev–Trinajstić information content (AvgIpc) is 3.05. The molecule has 0 spiro atoms. The van der Waals surface area contributed by atoms with Crippen molar-refractivity contribution in [3.05, 3.63) is 35.9 Å². The van der Waals surface area contributed by atoms with Gasteiger partial charge in [0.1, 0.15) is 0 Å². The largest absolute Gasteiger partial charge is 0.384 e. The summed E-state index contributed by atoms with van der Waals surface area (Å²) in [6, 6.07) is 10.9. The number of ether oxygens (including phenoxy) is 1. The molecule has 0 bridgehead atoms.